The quantitative estimate of drug-likeness (QED) is 0.378. The third-order valence-electron chi connectivity index (χ3n) is 4.45. The first-order valence-corrected chi connectivity index (χ1v) is 10.9. The van der Waals surface area contributed by atoms with Crippen molar-refractivity contribution in [1.29, 1.82) is 0 Å². The lowest BCUT2D eigenvalue weighted by Gasteiger charge is -2.20. The van der Waals surface area contributed by atoms with Gasteiger partial charge in [0.2, 0.25) is 0 Å². The fourth-order valence-corrected chi connectivity index (χ4v) is 3.95. The predicted octanol–water partition coefficient (Wildman–Crippen LogP) is 5.79. The summed E-state index contributed by atoms with van der Waals surface area (Å²) in [5.74, 6) is 0.530. The molecule has 0 amide bonds. The van der Waals surface area contributed by atoms with Crippen LogP contribution in [0.25, 0.3) is 21.6 Å². The summed E-state index contributed by atoms with van der Waals surface area (Å²) >= 11 is 7.43. The highest BCUT2D eigenvalue weighted by atomic mass is 35.5. The van der Waals surface area contributed by atoms with E-state index < -0.39 is 11.7 Å². The van der Waals surface area contributed by atoms with Gasteiger partial charge in [-0.15, -0.1) is 11.3 Å². The molecule has 7 nitrogen and oxygen atoms in total. The predicted molar refractivity (Wildman–Crippen MR) is 126 cm³/mol. The smallest absolute Gasteiger partial charge is 0.419 e. The van der Waals surface area contributed by atoms with E-state index in [1.165, 1.54) is 11.3 Å². The van der Waals surface area contributed by atoms with Gasteiger partial charge < -0.3 is 15.8 Å². The van der Waals surface area contributed by atoms with Gasteiger partial charge >= 0.3 is 6.09 Å². The molecule has 0 aliphatic carbocycles. The highest BCUT2D eigenvalue weighted by Crippen LogP contribution is 2.31. The van der Waals surface area contributed by atoms with Crippen LogP contribution < -0.4 is 11.1 Å². The summed E-state index contributed by atoms with van der Waals surface area (Å²) < 4.78 is 7.22. The maximum Gasteiger partial charge on any atom is 0.419 e. The van der Waals surface area contributed by atoms with Crippen molar-refractivity contribution < 1.29 is 9.53 Å². The normalized spacial score (nSPS) is 11.6. The van der Waals surface area contributed by atoms with Gasteiger partial charge in [-0.05, 0) is 56.7 Å². The molecular weight excluding hydrogens is 434 g/mol. The second-order valence-electron chi connectivity index (χ2n) is 8.00. The third-order valence-corrected chi connectivity index (χ3v) is 5.45. The zero-order valence-electron chi connectivity index (χ0n) is 17.3. The highest BCUT2D eigenvalue weighted by Gasteiger charge is 2.23. The molecule has 0 unspecified atom stereocenters. The van der Waals surface area contributed by atoms with E-state index in [0.717, 1.165) is 21.5 Å². The number of rotatable bonds is 4. The second-order valence-corrected chi connectivity index (χ2v) is 9.28. The summed E-state index contributed by atoms with van der Waals surface area (Å²) in [6.07, 6.45) is 1.28. The first-order valence-electron chi connectivity index (χ1n) is 9.65. The van der Waals surface area contributed by atoms with Crippen LogP contribution >= 0.6 is 22.9 Å². The molecule has 31 heavy (non-hydrogen) atoms. The van der Waals surface area contributed by atoms with Gasteiger partial charge in [0.05, 0.1) is 16.9 Å². The Labute approximate surface area is 188 Å². The zero-order chi connectivity index (χ0) is 22.2. The summed E-state index contributed by atoms with van der Waals surface area (Å²) in [6.45, 7) is 6.04. The van der Waals surface area contributed by atoms with Crippen molar-refractivity contribution in [2.45, 2.75) is 32.9 Å². The maximum absolute atomic E-state index is 13.0. The Balaban J connectivity index is 1.70. The molecule has 0 spiro atoms. The fraction of sp³-hybridized carbons (Fsp3) is 0.227. The van der Waals surface area contributed by atoms with Crippen molar-refractivity contribution >= 4 is 51.4 Å². The SMILES string of the molecule is CC(C)(C)OC(=O)n1c(-c2nccs2)cc2cc(CNc3nc(Cl)ccc3N)ccc21. The highest BCUT2D eigenvalue weighted by molar-refractivity contribution is 7.13. The minimum atomic E-state index is -0.610. The van der Waals surface area contributed by atoms with Gasteiger partial charge in [0.25, 0.3) is 0 Å². The molecule has 0 fully saturated rings. The number of halogens is 1. The number of hydrogen-bond acceptors (Lipinski definition) is 7. The number of benzene rings is 1. The van der Waals surface area contributed by atoms with Crippen LogP contribution in [0.3, 0.4) is 0 Å². The van der Waals surface area contributed by atoms with E-state index in [4.69, 9.17) is 22.1 Å². The van der Waals surface area contributed by atoms with Crippen LogP contribution in [0.5, 0.6) is 0 Å². The molecule has 1 aromatic carbocycles. The van der Waals surface area contributed by atoms with Gasteiger partial charge in [0.15, 0.2) is 5.82 Å². The van der Waals surface area contributed by atoms with Crippen molar-refractivity contribution in [2.24, 2.45) is 0 Å². The van der Waals surface area contributed by atoms with E-state index in [1.807, 2.05) is 50.4 Å². The van der Waals surface area contributed by atoms with Gasteiger partial charge in [-0.1, -0.05) is 17.7 Å². The van der Waals surface area contributed by atoms with E-state index in [-0.39, 0.29) is 0 Å². The Morgan fingerprint density at radius 3 is 2.77 bits per heavy atom. The number of fused-ring (bicyclic) bond motifs is 1. The standard InChI is InChI=1S/C22H22ClN5O2S/c1-22(2,3)30-21(29)28-16-6-4-13(12-26-19-15(24)5-7-18(23)27-19)10-14(16)11-17(28)20-25-8-9-31-20/h4-11H,12,24H2,1-3H3,(H,26,27). The Hall–Kier alpha value is -3.10. The number of pyridine rings is 1. The van der Waals surface area contributed by atoms with Crippen LogP contribution in [-0.2, 0) is 11.3 Å². The molecular formula is C22H22ClN5O2S. The van der Waals surface area contributed by atoms with Crippen LogP contribution in [0.2, 0.25) is 5.15 Å². The molecule has 9 heteroatoms. The largest absolute Gasteiger partial charge is 0.443 e. The van der Waals surface area contributed by atoms with Crippen molar-refractivity contribution in [3.8, 4) is 10.7 Å². The number of nitrogens with two attached hydrogens (primary N) is 1. The van der Waals surface area contributed by atoms with Gasteiger partial charge in [-0.3, -0.25) is 0 Å². The third kappa shape index (κ3) is 4.65. The lowest BCUT2D eigenvalue weighted by atomic mass is 10.1. The van der Waals surface area contributed by atoms with E-state index in [1.54, 1.807) is 22.9 Å². The molecule has 4 rings (SSSR count). The molecule has 3 N–H and O–H groups in total. The number of carbonyl (C=O) groups is 1. The first-order chi connectivity index (χ1) is 14.7. The van der Waals surface area contributed by atoms with Crippen LogP contribution in [-0.4, -0.2) is 26.2 Å². The molecule has 4 aromatic rings. The summed E-state index contributed by atoms with van der Waals surface area (Å²) in [7, 11) is 0. The maximum atomic E-state index is 13.0. The molecule has 0 atom stereocenters. The topological polar surface area (TPSA) is 95.1 Å². The van der Waals surface area contributed by atoms with Crippen LogP contribution in [0.15, 0.2) is 48.0 Å². The summed E-state index contributed by atoms with van der Waals surface area (Å²) in [4.78, 5) is 21.6. The Morgan fingerprint density at radius 2 is 2.06 bits per heavy atom. The van der Waals surface area contributed by atoms with Crippen LogP contribution in [0.1, 0.15) is 26.3 Å². The molecule has 0 saturated carbocycles. The molecule has 0 bridgehead atoms. The number of ether oxygens (including phenoxy) is 1. The van der Waals surface area contributed by atoms with Crippen molar-refractivity contribution in [3.63, 3.8) is 0 Å². The number of nitrogen functional groups attached to an aromatic ring is 1. The minimum Gasteiger partial charge on any atom is -0.443 e. The van der Waals surface area contributed by atoms with Crippen LogP contribution in [0.4, 0.5) is 16.3 Å². The fourth-order valence-electron chi connectivity index (χ4n) is 3.16. The number of hydrogen-bond donors (Lipinski definition) is 2. The Kier molecular flexibility index (Phi) is 5.60. The summed E-state index contributed by atoms with van der Waals surface area (Å²) in [5, 5.41) is 7.11. The molecule has 3 aromatic heterocycles. The van der Waals surface area contributed by atoms with Gasteiger partial charge in [0, 0.05) is 23.5 Å². The lowest BCUT2D eigenvalue weighted by molar-refractivity contribution is 0.0547. The lowest BCUT2D eigenvalue weighted by Crippen LogP contribution is -2.27. The van der Waals surface area contributed by atoms with Gasteiger partial charge in [-0.2, -0.15) is 0 Å². The van der Waals surface area contributed by atoms with E-state index >= 15 is 0 Å². The van der Waals surface area contributed by atoms with Crippen molar-refractivity contribution in [3.05, 3.63) is 58.7 Å². The van der Waals surface area contributed by atoms with E-state index in [9.17, 15) is 4.79 Å². The molecule has 0 aliphatic heterocycles. The zero-order valence-corrected chi connectivity index (χ0v) is 18.9. The summed E-state index contributed by atoms with van der Waals surface area (Å²) in [6, 6.07) is 11.2. The number of nitrogens with zero attached hydrogens (tertiary/aromatic N) is 3. The number of thiazole rings is 1. The van der Waals surface area contributed by atoms with E-state index in [0.29, 0.717) is 28.9 Å². The molecule has 160 valence electrons. The van der Waals surface area contributed by atoms with Crippen molar-refractivity contribution in [1.82, 2.24) is 14.5 Å². The van der Waals surface area contributed by atoms with E-state index in [2.05, 4.69) is 15.3 Å². The second kappa shape index (κ2) is 8.20. The Bertz CT molecular complexity index is 1250. The minimum absolute atomic E-state index is 0.370. The molecule has 0 saturated heterocycles. The van der Waals surface area contributed by atoms with Gasteiger partial charge in [0.1, 0.15) is 15.8 Å². The molecule has 3 heterocycles. The number of aromatic nitrogens is 3. The average Bonchev–Trinajstić information content (AvgIpc) is 3.34. The molecule has 0 radical (unpaired) electrons. The van der Waals surface area contributed by atoms with Gasteiger partial charge in [-0.25, -0.2) is 19.3 Å². The number of nitrogens with one attached hydrogen (secondary N) is 1. The number of carbonyl (C=O) groups excluding carboxylic acids is 1. The van der Waals surface area contributed by atoms with Crippen molar-refractivity contribution in [2.75, 3.05) is 11.1 Å². The number of anilines is 2. The summed E-state index contributed by atoms with van der Waals surface area (Å²) in [5.41, 5.74) is 8.33. The monoisotopic (exact) mass is 455 g/mol. The Morgan fingerprint density at radius 1 is 1.26 bits per heavy atom. The average molecular weight is 456 g/mol. The molecule has 0 aliphatic rings. The first kappa shape index (κ1) is 21.1. The van der Waals surface area contributed by atoms with Crippen LogP contribution in [0, 0.1) is 0 Å².